The third-order valence-corrected chi connectivity index (χ3v) is 10.5. The second-order valence-electron chi connectivity index (χ2n) is 14.5. The smallest absolute Gasteiger partial charge is 0.308 e. The highest BCUT2D eigenvalue weighted by molar-refractivity contribution is 7.14. The summed E-state index contributed by atoms with van der Waals surface area (Å²) in [5.41, 5.74) is 3.48. The SMILES string of the molecule is CC(C)CCCCOc1ccc(-c2cnc(-c3ccc(C[C@H](NC(=O)c4ccc(C(C)(C)C)s4)C(=O)N4CC[C@H](C(=O)O)C4)cc3)nc2)cc1. The molecule has 50 heavy (non-hydrogen) atoms. The molecule has 0 radical (unpaired) electrons. The maximum Gasteiger partial charge on any atom is 0.308 e. The zero-order valence-electron chi connectivity index (χ0n) is 29.6. The van der Waals surface area contributed by atoms with Gasteiger partial charge in [0, 0.05) is 47.9 Å². The molecule has 0 unspecified atom stereocenters. The van der Waals surface area contributed by atoms with Crippen molar-refractivity contribution in [2.75, 3.05) is 19.7 Å². The molecule has 10 heteroatoms. The Balaban J connectivity index is 1.23. The Morgan fingerprint density at radius 2 is 1.62 bits per heavy atom. The standard InChI is InChI=1S/C40H48N4O5S/c1-26(2)8-6-7-21-49-32-15-13-28(14-16-32)31-23-41-36(42-24-31)29-11-9-27(10-12-29)22-33(38(46)44-20-19-30(25-44)39(47)48)43-37(45)34-17-18-35(50-34)40(3,4)5/h9-18,23-24,26,30,33H,6-8,19-22,25H2,1-5H3,(H,43,45)(H,47,48)/t30-,33-/m0/s1. The number of nitrogens with one attached hydrogen (secondary N) is 1. The van der Waals surface area contributed by atoms with Crippen LogP contribution in [0, 0.1) is 11.8 Å². The minimum Gasteiger partial charge on any atom is -0.494 e. The van der Waals surface area contributed by atoms with E-state index < -0.39 is 17.9 Å². The Hall–Kier alpha value is -4.57. The molecule has 1 aliphatic heterocycles. The topological polar surface area (TPSA) is 122 Å². The number of aromatic nitrogens is 2. The molecule has 9 nitrogen and oxygen atoms in total. The van der Waals surface area contributed by atoms with Crippen LogP contribution in [0.25, 0.3) is 22.5 Å². The van der Waals surface area contributed by atoms with Crippen LogP contribution in [0.5, 0.6) is 5.75 Å². The van der Waals surface area contributed by atoms with Crippen molar-refractivity contribution in [2.24, 2.45) is 11.8 Å². The van der Waals surface area contributed by atoms with Gasteiger partial charge in [-0.1, -0.05) is 77.4 Å². The van der Waals surface area contributed by atoms with Gasteiger partial charge in [-0.2, -0.15) is 0 Å². The summed E-state index contributed by atoms with van der Waals surface area (Å²) in [5.74, 6) is 0.0363. The molecule has 0 spiro atoms. The van der Waals surface area contributed by atoms with Crippen molar-refractivity contribution in [3.8, 4) is 28.3 Å². The molecule has 3 heterocycles. The first-order valence-electron chi connectivity index (χ1n) is 17.4. The number of carbonyl (C=O) groups is 3. The van der Waals surface area contributed by atoms with Crippen molar-refractivity contribution < 1.29 is 24.2 Å². The third kappa shape index (κ3) is 9.78. The number of likely N-dealkylation sites (tertiary alicyclic amines) is 1. The van der Waals surface area contributed by atoms with Crippen LogP contribution in [0.4, 0.5) is 0 Å². The first-order valence-corrected chi connectivity index (χ1v) is 18.3. The quantitative estimate of drug-likeness (QED) is 0.130. The molecule has 1 fully saturated rings. The Morgan fingerprint density at radius 1 is 0.940 bits per heavy atom. The second kappa shape index (κ2) is 16.4. The van der Waals surface area contributed by atoms with Crippen molar-refractivity contribution in [3.63, 3.8) is 0 Å². The van der Waals surface area contributed by atoms with Crippen LogP contribution < -0.4 is 10.1 Å². The van der Waals surface area contributed by atoms with Gasteiger partial charge in [0.15, 0.2) is 5.82 Å². The van der Waals surface area contributed by atoms with E-state index in [4.69, 9.17) is 4.74 Å². The van der Waals surface area contributed by atoms with E-state index in [1.54, 1.807) is 23.4 Å². The molecule has 264 valence electrons. The molecule has 2 aromatic carbocycles. The number of thiophene rings is 1. The molecular formula is C40H48N4O5S. The van der Waals surface area contributed by atoms with Gasteiger partial charge in [0.2, 0.25) is 5.91 Å². The maximum absolute atomic E-state index is 13.7. The Labute approximate surface area is 299 Å². The summed E-state index contributed by atoms with van der Waals surface area (Å²) in [6, 6.07) is 18.5. The van der Waals surface area contributed by atoms with Crippen molar-refractivity contribution in [1.29, 1.82) is 0 Å². The highest BCUT2D eigenvalue weighted by Crippen LogP contribution is 2.30. The summed E-state index contributed by atoms with van der Waals surface area (Å²) in [6.45, 7) is 11.9. The van der Waals surface area contributed by atoms with Gasteiger partial charge in [0.1, 0.15) is 11.8 Å². The minimum atomic E-state index is -0.911. The van der Waals surface area contributed by atoms with Gasteiger partial charge < -0.3 is 20.1 Å². The summed E-state index contributed by atoms with van der Waals surface area (Å²) < 4.78 is 5.90. The van der Waals surface area contributed by atoms with Gasteiger partial charge in [0.05, 0.1) is 17.4 Å². The largest absolute Gasteiger partial charge is 0.494 e. The minimum absolute atomic E-state index is 0.0984. The number of aliphatic carboxylic acids is 1. The highest BCUT2D eigenvalue weighted by atomic mass is 32.1. The Kier molecular flexibility index (Phi) is 12.1. The number of ether oxygens (including phenoxy) is 1. The summed E-state index contributed by atoms with van der Waals surface area (Å²) in [4.78, 5) is 51.0. The maximum atomic E-state index is 13.7. The first kappa shape index (κ1) is 36.7. The number of amides is 2. The summed E-state index contributed by atoms with van der Waals surface area (Å²) in [5, 5.41) is 12.4. The van der Waals surface area contributed by atoms with Crippen molar-refractivity contribution in [1.82, 2.24) is 20.2 Å². The molecule has 0 bridgehead atoms. The lowest BCUT2D eigenvalue weighted by Gasteiger charge is -2.24. The predicted octanol–water partition coefficient (Wildman–Crippen LogP) is 7.65. The van der Waals surface area contributed by atoms with Crippen molar-refractivity contribution in [3.05, 3.63) is 88.4 Å². The van der Waals surface area contributed by atoms with E-state index in [9.17, 15) is 19.5 Å². The molecule has 5 rings (SSSR count). The fraction of sp³-hybridized carbons (Fsp3) is 0.425. The van der Waals surface area contributed by atoms with Gasteiger partial charge in [0.25, 0.3) is 5.91 Å². The zero-order valence-corrected chi connectivity index (χ0v) is 30.5. The van der Waals surface area contributed by atoms with Crippen molar-refractivity contribution >= 4 is 29.1 Å². The molecule has 1 aliphatic rings. The third-order valence-electron chi connectivity index (χ3n) is 8.96. The van der Waals surface area contributed by atoms with E-state index in [0.717, 1.165) is 45.2 Å². The Morgan fingerprint density at radius 3 is 2.22 bits per heavy atom. The van der Waals surface area contributed by atoms with E-state index in [0.29, 0.717) is 30.3 Å². The fourth-order valence-electron chi connectivity index (χ4n) is 5.91. The lowest BCUT2D eigenvalue weighted by atomic mass is 9.95. The number of hydrogen-bond donors (Lipinski definition) is 2. The first-order chi connectivity index (χ1) is 23.9. The van der Waals surface area contributed by atoms with Crippen LogP contribution in [-0.2, 0) is 21.4 Å². The van der Waals surface area contributed by atoms with E-state index in [1.165, 1.54) is 24.2 Å². The number of carboxylic acids is 1. The summed E-state index contributed by atoms with van der Waals surface area (Å²) >= 11 is 1.41. The predicted molar refractivity (Wildman–Crippen MR) is 197 cm³/mol. The lowest BCUT2D eigenvalue weighted by molar-refractivity contribution is -0.141. The Bertz CT molecular complexity index is 1740. The molecule has 1 saturated heterocycles. The van der Waals surface area contributed by atoms with E-state index >= 15 is 0 Å². The van der Waals surface area contributed by atoms with Crippen LogP contribution >= 0.6 is 11.3 Å². The van der Waals surface area contributed by atoms with Gasteiger partial charge >= 0.3 is 5.97 Å². The van der Waals surface area contributed by atoms with Gasteiger partial charge in [-0.15, -0.1) is 11.3 Å². The molecule has 4 aromatic rings. The number of carboxylic acid groups (broad SMARTS) is 1. The molecule has 0 aliphatic carbocycles. The van der Waals surface area contributed by atoms with Gasteiger partial charge in [-0.3, -0.25) is 14.4 Å². The van der Waals surface area contributed by atoms with Gasteiger partial charge in [-0.05, 0) is 66.0 Å². The van der Waals surface area contributed by atoms with Crippen LogP contribution in [0.3, 0.4) is 0 Å². The van der Waals surface area contributed by atoms with Gasteiger partial charge in [-0.25, -0.2) is 9.97 Å². The summed E-state index contributed by atoms with van der Waals surface area (Å²) in [6.07, 6.45) is 7.70. The summed E-state index contributed by atoms with van der Waals surface area (Å²) in [7, 11) is 0. The molecule has 2 atom stereocenters. The highest BCUT2D eigenvalue weighted by Gasteiger charge is 2.35. The number of nitrogens with zero attached hydrogens (tertiary/aromatic N) is 3. The normalized spacial score (nSPS) is 15.2. The average molecular weight is 697 g/mol. The number of carbonyl (C=O) groups excluding carboxylic acids is 2. The molecular weight excluding hydrogens is 649 g/mol. The van der Waals surface area contributed by atoms with Crippen LogP contribution in [-0.4, -0.2) is 63.5 Å². The lowest BCUT2D eigenvalue weighted by Crippen LogP contribution is -2.49. The van der Waals surface area contributed by atoms with E-state index in [-0.39, 0.29) is 30.2 Å². The van der Waals surface area contributed by atoms with E-state index in [1.807, 2.05) is 54.6 Å². The molecule has 2 N–H and O–H groups in total. The fourth-order valence-corrected chi connectivity index (χ4v) is 6.88. The average Bonchev–Trinajstić information content (AvgIpc) is 3.80. The molecule has 0 saturated carbocycles. The second-order valence-corrected chi connectivity index (χ2v) is 15.6. The van der Waals surface area contributed by atoms with Crippen LogP contribution in [0.15, 0.2) is 73.1 Å². The molecule has 2 aromatic heterocycles. The van der Waals surface area contributed by atoms with Crippen LogP contribution in [0.2, 0.25) is 0 Å². The number of benzene rings is 2. The van der Waals surface area contributed by atoms with E-state index in [2.05, 4.69) is 49.9 Å². The number of hydrogen-bond acceptors (Lipinski definition) is 7. The zero-order chi connectivity index (χ0) is 35.8. The monoisotopic (exact) mass is 696 g/mol. The number of unbranched alkanes of at least 4 members (excludes halogenated alkanes) is 1. The van der Waals surface area contributed by atoms with Crippen LogP contribution in [0.1, 0.15) is 80.4 Å². The molecule has 2 amide bonds. The van der Waals surface area contributed by atoms with Crippen molar-refractivity contribution in [2.45, 2.75) is 78.2 Å². The number of rotatable bonds is 14.